The van der Waals surface area contributed by atoms with Gasteiger partial charge in [0.1, 0.15) is 28.6 Å². The number of para-hydroxylation sites is 1. The molecule has 0 radical (unpaired) electrons. The predicted octanol–water partition coefficient (Wildman–Crippen LogP) is 7.36. The topological polar surface area (TPSA) is 137 Å². The Morgan fingerprint density at radius 3 is 2.45 bits per heavy atom. The number of fused-ring (bicyclic) bond motifs is 1. The van der Waals surface area contributed by atoms with E-state index in [2.05, 4.69) is 10.6 Å². The number of aldehydes is 1. The van der Waals surface area contributed by atoms with Gasteiger partial charge in [0.2, 0.25) is 0 Å². The number of benzene rings is 3. The van der Waals surface area contributed by atoms with Crippen LogP contribution in [-0.2, 0) is 11.3 Å². The summed E-state index contributed by atoms with van der Waals surface area (Å²) in [4.78, 5) is 45.1. The molecule has 0 saturated carbocycles. The first kappa shape index (κ1) is 34.9. The molecule has 51 heavy (non-hydrogen) atoms. The van der Waals surface area contributed by atoms with Crippen molar-refractivity contribution in [2.45, 2.75) is 51.8 Å². The highest BCUT2D eigenvalue weighted by molar-refractivity contribution is 6.08. The monoisotopic (exact) mass is 690 g/mol. The van der Waals surface area contributed by atoms with Crippen LogP contribution in [0.4, 0.5) is 16.3 Å². The Morgan fingerprint density at radius 1 is 1.00 bits per heavy atom. The van der Waals surface area contributed by atoms with Gasteiger partial charge in [0.25, 0.3) is 5.91 Å². The number of anilines is 2. The van der Waals surface area contributed by atoms with E-state index < -0.39 is 5.60 Å². The van der Waals surface area contributed by atoms with E-state index >= 15 is 0 Å². The number of nitrogens with zero attached hydrogens (tertiary/aromatic N) is 4. The van der Waals surface area contributed by atoms with E-state index in [-0.39, 0.29) is 18.0 Å². The van der Waals surface area contributed by atoms with Gasteiger partial charge in [-0.15, -0.1) is 0 Å². The maximum absolute atomic E-state index is 13.1. The van der Waals surface area contributed by atoms with Crippen LogP contribution in [0.25, 0.3) is 22.2 Å². The molecule has 2 amide bonds. The summed E-state index contributed by atoms with van der Waals surface area (Å²) in [6, 6.07) is 21.8. The number of ether oxygens (including phenoxy) is 3. The van der Waals surface area contributed by atoms with E-state index in [9.17, 15) is 14.4 Å². The number of carbonyl (C=O) groups is 3. The number of carbonyl (C=O) groups excluding carboxylic acids is 3. The largest absolute Gasteiger partial charge is 0.497 e. The van der Waals surface area contributed by atoms with Gasteiger partial charge in [-0.25, -0.2) is 9.78 Å². The number of nitrogens with one attached hydrogen (secondary N) is 2. The van der Waals surface area contributed by atoms with Gasteiger partial charge in [0.15, 0.2) is 6.29 Å². The minimum atomic E-state index is -0.636. The van der Waals surface area contributed by atoms with Crippen molar-refractivity contribution in [1.29, 1.82) is 0 Å². The van der Waals surface area contributed by atoms with Crippen LogP contribution in [0.5, 0.6) is 11.5 Å². The first-order chi connectivity index (χ1) is 24.6. The number of pyridine rings is 1. The lowest BCUT2D eigenvalue weighted by Crippen LogP contribution is -2.43. The van der Waals surface area contributed by atoms with Crippen molar-refractivity contribution in [3.63, 3.8) is 0 Å². The first-order valence-electron chi connectivity index (χ1n) is 16.8. The molecule has 264 valence electrons. The second-order valence-corrected chi connectivity index (χ2v) is 13.3. The van der Waals surface area contributed by atoms with Gasteiger partial charge in [0, 0.05) is 54.3 Å². The van der Waals surface area contributed by atoms with Crippen LogP contribution in [0.2, 0.25) is 0 Å². The summed E-state index contributed by atoms with van der Waals surface area (Å²) in [6.45, 7) is 6.80. The molecule has 12 heteroatoms. The zero-order valence-electron chi connectivity index (χ0n) is 29.4. The molecular formula is C39H42N6O6. The minimum Gasteiger partial charge on any atom is -0.497 e. The van der Waals surface area contributed by atoms with Gasteiger partial charge in [-0.2, -0.15) is 5.10 Å². The highest BCUT2D eigenvalue weighted by atomic mass is 16.6. The SMILES string of the molecule is COc1ccc(CNc2ncc(C=O)c3c2c(-c2ccc(C(=O)Nc4ccccc4)cc2)nn3[C@@H]2CCCN(C(=O)OC(C)(C)C)C2)c(OC)c1. The Kier molecular flexibility index (Phi) is 10.2. The van der Waals surface area contributed by atoms with Gasteiger partial charge >= 0.3 is 6.09 Å². The standard InChI is InChI=1S/C39H42N6O6/c1-39(2,3)51-38(48)44-19-9-12-30(23-44)45-35-28(24-46)22-41-36(40-21-27-17-18-31(49-4)20-32(27)50-5)33(35)34(43-45)25-13-15-26(16-14-25)37(47)42-29-10-7-6-8-11-29/h6-8,10-11,13-18,20,22,24,30H,9,12,19,21,23H2,1-5H3,(H,40,41)(H,42,47)/t30-/m1/s1. The molecule has 0 aliphatic carbocycles. The minimum absolute atomic E-state index is 0.242. The summed E-state index contributed by atoms with van der Waals surface area (Å²) < 4.78 is 18.5. The van der Waals surface area contributed by atoms with Crippen molar-refractivity contribution < 1.29 is 28.6 Å². The molecular weight excluding hydrogens is 648 g/mol. The fourth-order valence-electron chi connectivity index (χ4n) is 6.21. The number of hydrogen-bond acceptors (Lipinski definition) is 9. The summed E-state index contributed by atoms with van der Waals surface area (Å²) in [5.74, 6) is 1.59. The first-order valence-corrected chi connectivity index (χ1v) is 16.8. The Hall–Kier alpha value is -5.91. The summed E-state index contributed by atoms with van der Waals surface area (Å²) in [6.07, 6.45) is 3.40. The molecule has 1 aliphatic heterocycles. The molecule has 0 spiro atoms. The predicted molar refractivity (Wildman–Crippen MR) is 196 cm³/mol. The van der Waals surface area contributed by atoms with E-state index in [1.807, 2.05) is 86.1 Å². The third kappa shape index (κ3) is 7.80. The molecule has 3 heterocycles. The van der Waals surface area contributed by atoms with Crippen LogP contribution < -0.4 is 20.1 Å². The fraction of sp³-hybridized carbons (Fsp3) is 0.308. The third-order valence-corrected chi connectivity index (χ3v) is 8.67. The number of amides is 2. The maximum Gasteiger partial charge on any atom is 0.410 e. The summed E-state index contributed by atoms with van der Waals surface area (Å²) >= 11 is 0. The van der Waals surface area contributed by atoms with Crippen LogP contribution >= 0.6 is 0 Å². The van der Waals surface area contributed by atoms with E-state index in [0.717, 1.165) is 30.3 Å². The number of aromatic nitrogens is 3. The van der Waals surface area contributed by atoms with Crippen molar-refractivity contribution >= 4 is 40.7 Å². The second-order valence-electron chi connectivity index (χ2n) is 13.3. The molecule has 5 aromatic rings. The van der Waals surface area contributed by atoms with Gasteiger partial charge in [-0.3, -0.25) is 14.3 Å². The number of hydrogen-bond donors (Lipinski definition) is 2. The lowest BCUT2D eigenvalue weighted by Gasteiger charge is -2.34. The molecule has 0 unspecified atom stereocenters. The van der Waals surface area contributed by atoms with Crippen LogP contribution in [-0.4, -0.2) is 70.9 Å². The Labute approximate surface area is 296 Å². The molecule has 6 rings (SSSR count). The third-order valence-electron chi connectivity index (χ3n) is 8.67. The van der Waals surface area contributed by atoms with E-state index in [0.29, 0.717) is 70.4 Å². The zero-order valence-corrected chi connectivity index (χ0v) is 29.4. The van der Waals surface area contributed by atoms with Gasteiger partial charge < -0.3 is 29.7 Å². The molecule has 1 fully saturated rings. The maximum atomic E-state index is 13.1. The summed E-state index contributed by atoms with van der Waals surface area (Å²) in [5, 5.41) is 12.1. The highest BCUT2D eigenvalue weighted by Gasteiger charge is 2.32. The zero-order chi connectivity index (χ0) is 36.1. The number of likely N-dealkylation sites (tertiary alicyclic amines) is 1. The molecule has 1 aliphatic rings. The van der Waals surface area contributed by atoms with Crippen LogP contribution in [0.1, 0.15) is 65.9 Å². The van der Waals surface area contributed by atoms with Crippen molar-refractivity contribution in [3.05, 3.63) is 95.7 Å². The average molecular weight is 691 g/mol. The Morgan fingerprint density at radius 2 is 1.76 bits per heavy atom. The van der Waals surface area contributed by atoms with Crippen LogP contribution in [0.15, 0.2) is 79.0 Å². The number of methoxy groups -OCH3 is 2. The molecule has 1 atom stereocenters. The van der Waals surface area contributed by atoms with Crippen LogP contribution in [0, 0.1) is 0 Å². The Balaban J connectivity index is 1.41. The van der Waals surface area contributed by atoms with Crippen molar-refractivity contribution in [2.75, 3.05) is 37.9 Å². The molecule has 12 nitrogen and oxygen atoms in total. The molecule has 2 N–H and O–H groups in total. The van der Waals surface area contributed by atoms with Gasteiger partial charge in [0.05, 0.1) is 36.7 Å². The van der Waals surface area contributed by atoms with E-state index in [4.69, 9.17) is 24.3 Å². The van der Waals surface area contributed by atoms with E-state index in [1.165, 1.54) is 6.20 Å². The second kappa shape index (κ2) is 14.9. The normalized spacial score (nSPS) is 14.5. The lowest BCUT2D eigenvalue weighted by atomic mass is 10.0. The molecule has 0 bridgehead atoms. The molecule has 1 saturated heterocycles. The van der Waals surface area contributed by atoms with Gasteiger partial charge in [-0.05, 0) is 70.0 Å². The quantitative estimate of drug-likeness (QED) is 0.144. The lowest BCUT2D eigenvalue weighted by molar-refractivity contribution is 0.0169. The summed E-state index contributed by atoms with van der Waals surface area (Å²) in [7, 11) is 3.20. The van der Waals surface area contributed by atoms with Crippen molar-refractivity contribution in [3.8, 4) is 22.8 Å². The highest BCUT2D eigenvalue weighted by Crippen LogP contribution is 2.38. The molecule has 3 aromatic carbocycles. The van der Waals surface area contributed by atoms with Gasteiger partial charge in [-0.1, -0.05) is 30.3 Å². The van der Waals surface area contributed by atoms with Crippen molar-refractivity contribution in [1.82, 2.24) is 19.7 Å². The smallest absolute Gasteiger partial charge is 0.410 e. The average Bonchev–Trinajstić information content (AvgIpc) is 3.55. The van der Waals surface area contributed by atoms with Crippen molar-refractivity contribution in [2.24, 2.45) is 0 Å². The fourth-order valence-corrected chi connectivity index (χ4v) is 6.21. The number of piperidine rings is 1. The summed E-state index contributed by atoms with van der Waals surface area (Å²) in [5.41, 5.74) is 3.67. The Bertz CT molecular complexity index is 2040. The van der Waals surface area contributed by atoms with Crippen LogP contribution in [0.3, 0.4) is 0 Å². The number of rotatable bonds is 10. The van der Waals surface area contributed by atoms with E-state index in [1.54, 1.807) is 31.3 Å². The molecule has 2 aromatic heterocycles.